The highest BCUT2D eigenvalue weighted by molar-refractivity contribution is 6.03. The van der Waals surface area contributed by atoms with Crippen LogP contribution in [0.25, 0.3) is 0 Å². The highest BCUT2D eigenvalue weighted by Gasteiger charge is 2.15. The summed E-state index contributed by atoms with van der Waals surface area (Å²) in [4.78, 5) is 20.9. The van der Waals surface area contributed by atoms with E-state index in [0.29, 0.717) is 23.0 Å². The van der Waals surface area contributed by atoms with E-state index in [1.54, 1.807) is 0 Å². The van der Waals surface area contributed by atoms with E-state index < -0.39 is 0 Å². The molecule has 0 spiro atoms. The highest BCUT2D eigenvalue weighted by atomic mass is 16.7. The first-order chi connectivity index (χ1) is 13.9. The van der Waals surface area contributed by atoms with Crippen molar-refractivity contribution in [2.24, 2.45) is 0 Å². The molecule has 1 amide bonds. The number of hydrogen-bond donors (Lipinski definition) is 2. The second-order valence-electron chi connectivity index (χ2n) is 7.77. The molecule has 1 aromatic heterocycles. The monoisotopic (exact) mass is 390 g/mol. The van der Waals surface area contributed by atoms with Gasteiger partial charge in [0, 0.05) is 29.8 Å². The maximum absolute atomic E-state index is 12.5. The molecule has 4 rings (SSSR count). The van der Waals surface area contributed by atoms with Crippen molar-refractivity contribution < 1.29 is 14.3 Å². The molecule has 0 aliphatic carbocycles. The van der Waals surface area contributed by atoms with Crippen LogP contribution in [0, 0.1) is 0 Å². The maximum atomic E-state index is 12.5. The number of benzene rings is 2. The molecule has 7 heteroatoms. The molecule has 2 heterocycles. The van der Waals surface area contributed by atoms with Gasteiger partial charge in [-0.2, -0.15) is 0 Å². The van der Waals surface area contributed by atoms with Gasteiger partial charge in [0.25, 0.3) is 5.91 Å². The number of ether oxygens (including phenoxy) is 2. The lowest BCUT2D eigenvalue weighted by atomic mass is 9.87. The summed E-state index contributed by atoms with van der Waals surface area (Å²) in [6, 6.07) is 13.3. The van der Waals surface area contributed by atoms with Crippen LogP contribution in [0.3, 0.4) is 0 Å². The minimum Gasteiger partial charge on any atom is -0.454 e. The lowest BCUT2D eigenvalue weighted by Gasteiger charge is -2.19. The van der Waals surface area contributed by atoms with Crippen molar-refractivity contribution >= 4 is 23.2 Å². The lowest BCUT2D eigenvalue weighted by Crippen LogP contribution is -2.14. The Bertz CT molecular complexity index is 1030. The van der Waals surface area contributed by atoms with E-state index in [1.165, 1.54) is 18.0 Å². The van der Waals surface area contributed by atoms with Crippen molar-refractivity contribution in [2.45, 2.75) is 26.2 Å². The van der Waals surface area contributed by atoms with E-state index in [9.17, 15) is 4.79 Å². The molecule has 0 saturated carbocycles. The molecule has 0 bridgehead atoms. The first-order valence-corrected chi connectivity index (χ1v) is 9.29. The molecule has 0 radical (unpaired) electrons. The Kier molecular flexibility index (Phi) is 4.80. The average Bonchev–Trinajstić information content (AvgIpc) is 3.16. The Morgan fingerprint density at radius 3 is 2.28 bits per heavy atom. The van der Waals surface area contributed by atoms with Crippen LogP contribution in [-0.4, -0.2) is 22.7 Å². The van der Waals surface area contributed by atoms with Crippen LogP contribution >= 0.6 is 0 Å². The predicted molar refractivity (Wildman–Crippen MR) is 111 cm³/mol. The van der Waals surface area contributed by atoms with E-state index in [-0.39, 0.29) is 18.1 Å². The van der Waals surface area contributed by atoms with E-state index in [2.05, 4.69) is 41.4 Å². The standard InChI is InChI=1S/C22H22N4O3/c1-22(2,3)15-4-6-16(7-5-15)25-20(27)14-11-23-21(24-12-14)26-17-8-9-18-19(10-17)29-13-28-18/h4-12H,13H2,1-3H3,(H,25,27)(H,23,24,26). The summed E-state index contributed by atoms with van der Waals surface area (Å²) in [6.07, 6.45) is 2.97. The molecule has 7 nitrogen and oxygen atoms in total. The van der Waals surface area contributed by atoms with Gasteiger partial charge in [0.15, 0.2) is 11.5 Å². The molecule has 1 aliphatic rings. The molecule has 0 atom stereocenters. The van der Waals surface area contributed by atoms with Gasteiger partial charge in [-0.05, 0) is 35.2 Å². The van der Waals surface area contributed by atoms with Crippen molar-refractivity contribution in [3.63, 3.8) is 0 Å². The number of carbonyl (C=O) groups excluding carboxylic acids is 1. The van der Waals surface area contributed by atoms with Gasteiger partial charge >= 0.3 is 0 Å². The fraction of sp³-hybridized carbons (Fsp3) is 0.227. The number of nitrogens with zero attached hydrogens (tertiary/aromatic N) is 2. The SMILES string of the molecule is CC(C)(C)c1ccc(NC(=O)c2cnc(Nc3ccc4c(c3)OCO4)nc2)cc1. The summed E-state index contributed by atoms with van der Waals surface area (Å²) in [6.45, 7) is 6.67. The normalized spacial score (nSPS) is 12.5. The fourth-order valence-electron chi connectivity index (χ4n) is 2.87. The van der Waals surface area contributed by atoms with Gasteiger partial charge in [0.1, 0.15) is 0 Å². The fourth-order valence-corrected chi connectivity index (χ4v) is 2.87. The zero-order valence-corrected chi connectivity index (χ0v) is 16.5. The van der Waals surface area contributed by atoms with Crippen molar-refractivity contribution in [3.8, 4) is 11.5 Å². The third-order valence-electron chi connectivity index (χ3n) is 4.55. The van der Waals surface area contributed by atoms with Crippen LogP contribution in [0.5, 0.6) is 11.5 Å². The summed E-state index contributed by atoms with van der Waals surface area (Å²) in [5.41, 5.74) is 3.15. The molecule has 0 unspecified atom stereocenters. The van der Waals surface area contributed by atoms with E-state index in [4.69, 9.17) is 9.47 Å². The van der Waals surface area contributed by atoms with Crippen LogP contribution in [0.4, 0.5) is 17.3 Å². The second kappa shape index (κ2) is 7.43. The third-order valence-corrected chi connectivity index (χ3v) is 4.55. The predicted octanol–water partition coefficient (Wildman–Crippen LogP) is 4.50. The van der Waals surface area contributed by atoms with Gasteiger partial charge in [-0.25, -0.2) is 9.97 Å². The number of fused-ring (bicyclic) bond motifs is 1. The molecular formula is C22H22N4O3. The molecule has 2 N–H and O–H groups in total. The van der Waals surface area contributed by atoms with Gasteiger partial charge in [0.05, 0.1) is 5.56 Å². The van der Waals surface area contributed by atoms with E-state index in [0.717, 1.165) is 11.4 Å². The first kappa shape index (κ1) is 18.7. The Hall–Kier alpha value is -3.61. The third kappa shape index (κ3) is 4.29. The van der Waals surface area contributed by atoms with Crippen molar-refractivity contribution in [2.75, 3.05) is 17.4 Å². The van der Waals surface area contributed by atoms with Gasteiger partial charge in [0.2, 0.25) is 12.7 Å². The number of hydrogen-bond acceptors (Lipinski definition) is 6. The maximum Gasteiger partial charge on any atom is 0.258 e. The number of carbonyl (C=O) groups is 1. The molecule has 2 aromatic carbocycles. The van der Waals surface area contributed by atoms with Crippen LogP contribution in [0.15, 0.2) is 54.9 Å². The zero-order chi connectivity index (χ0) is 20.4. The highest BCUT2D eigenvalue weighted by Crippen LogP contribution is 2.34. The molecular weight excluding hydrogens is 368 g/mol. The summed E-state index contributed by atoms with van der Waals surface area (Å²) < 4.78 is 10.6. The van der Waals surface area contributed by atoms with Gasteiger partial charge in [-0.15, -0.1) is 0 Å². The number of aromatic nitrogens is 2. The summed E-state index contributed by atoms with van der Waals surface area (Å²) in [7, 11) is 0. The van der Waals surface area contributed by atoms with Crippen LogP contribution < -0.4 is 20.1 Å². The van der Waals surface area contributed by atoms with Gasteiger partial charge < -0.3 is 20.1 Å². The van der Waals surface area contributed by atoms with Crippen LogP contribution in [0.1, 0.15) is 36.7 Å². The molecule has 148 valence electrons. The Morgan fingerprint density at radius 2 is 1.59 bits per heavy atom. The average molecular weight is 390 g/mol. The summed E-state index contributed by atoms with van der Waals surface area (Å²) in [5.74, 6) is 1.50. The van der Waals surface area contributed by atoms with Crippen molar-refractivity contribution in [3.05, 3.63) is 66.0 Å². The number of anilines is 3. The topological polar surface area (TPSA) is 85.4 Å². The Labute approximate surface area is 169 Å². The molecule has 0 saturated heterocycles. The van der Waals surface area contributed by atoms with Gasteiger partial charge in [-0.1, -0.05) is 32.9 Å². The first-order valence-electron chi connectivity index (χ1n) is 9.29. The number of nitrogens with one attached hydrogen (secondary N) is 2. The largest absolute Gasteiger partial charge is 0.454 e. The van der Waals surface area contributed by atoms with E-state index >= 15 is 0 Å². The number of amides is 1. The Morgan fingerprint density at radius 1 is 0.931 bits per heavy atom. The smallest absolute Gasteiger partial charge is 0.258 e. The van der Waals surface area contributed by atoms with E-state index in [1.807, 2.05) is 42.5 Å². The number of rotatable bonds is 4. The molecule has 3 aromatic rings. The second-order valence-corrected chi connectivity index (χ2v) is 7.77. The summed E-state index contributed by atoms with van der Waals surface area (Å²) >= 11 is 0. The van der Waals surface area contributed by atoms with Crippen molar-refractivity contribution in [1.29, 1.82) is 0 Å². The zero-order valence-electron chi connectivity index (χ0n) is 16.5. The Balaban J connectivity index is 1.40. The minimum absolute atomic E-state index is 0.0667. The lowest BCUT2D eigenvalue weighted by molar-refractivity contribution is 0.102. The van der Waals surface area contributed by atoms with Crippen molar-refractivity contribution in [1.82, 2.24) is 9.97 Å². The van der Waals surface area contributed by atoms with Crippen LogP contribution in [0.2, 0.25) is 0 Å². The summed E-state index contributed by atoms with van der Waals surface area (Å²) in [5, 5.41) is 5.94. The molecule has 0 fully saturated rings. The molecule has 1 aliphatic heterocycles. The quantitative estimate of drug-likeness (QED) is 0.682. The van der Waals surface area contributed by atoms with Gasteiger partial charge in [-0.3, -0.25) is 4.79 Å². The molecule has 29 heavy (non-hydrogen) atoms. The van der Waals surface area contributed by atoms with Crippen LogP contribution in [-0.2, 0) is 5.41 Å². The minimum atomic E-state index is -0.261.